The van der Waals surface area contributed by atoms with Crippen LogP contribution in [0.1, 0.15) is 31.7 Å². The molecular weight excluding hydrogens is 434 g/mol. The summed E-state index contributed by atoms with van der Waals surface area (Å²) in [7, 11) is 0. The second-order valence-corrected chi connectivity index (χ2v) is 8.87. The Bertz CT molecular complexity index is 880. The van der Waals surface area contributed by atoms with E-state index in [0.29, 0.717) is 29.7 Å². The second kappa shape index (κ2) is 11.9. The van der Waals surface area contributed by atoms with E-state index >= 15 is 0 Å². The molecule has 1 saturated heterocycles. The normalized spacial score (nSPS) is 16.1. The Morgan fingerprint density at radius 1 is 1.19 bits per heavy atom. The number of hydrogen-bond donors (Lipinski definition) is 2. The summed E-state index contributed by atoms with van der Waals surface area (Å²) in [5.74, 6) is 1.03. The summed E-state index contributed by atoms with van der Waals surface area (Å²) in [6.07, 6.45) is 2.79. The van der Waals surface area contributed by atoms with E-state index < -0.39 is 0 Å². The molecule has 1 aromatic carbocycles. The predicted molar refractivity (Wildman–Crippen MR) is 124 cm³/mol. The molecule has 9 heteroatoms. The van der Waals surface area contributed by atoms with Gasteiger partial charge in [-0.15, -0.1) is 10.2 Å². The number of aromatic nitrogens is 2. The monoisotopic (exact) mass is 461 g/mol. The molecule has 7 nitrogen and oxygen atoms in total. The maximum Gasteiger partial charge on any atom is 0.230 e. The zero-order valence-corrected chi connectivity index (χ0v) is 19.2. The number of nitrogens with one attached hydrogen (secondary N) is 2. The number of piperidine rings is 1. The van der Waals surface area contributed by atoms with E-state index in [0.717, 1.165) is 37.2 Å². The highest BCUT2D eigenvalue weighted by Gasteiger charge is 2.26. The largest absolute Gasteiger partial charge is 0.356 e. The molecule has 1 aromatic heterocycles. The van der Waals surface area contributed by atoms with Crippen molar-refractivity contribution < 1.29 is 9.59 Å². The van der Waals surface area contributed by atoms with Gasteiger partial charge in [-0.25, -0.2) is 0 Å². The molecule has 1 atom stereocenters. The Morgan fingerprint density at radius 3 is 2.77 bits per heavy atom. The third-order valence-corrected chi connectivity index (χ3v) is 6.37. The van der Waals surface area contributed by atoms with Gasteiger partial charge in [0.15, 0.2) is 5.82 Å². The van der Waals surface area contributed by atoms with Gasteiger partial charge in [-0.05, 0) is 43.0 Å². The molecule has 0 unspecified atom stereocenters. The molecule has 166 valence electrons. The zero-order chi connectivity index (χ0) is 22.1. The number of anilines is 1. The van der Waals surface area contributed by atoms with Crippen LogP contribution < -0.4 is 15.5 Å². The van der Waals surface area contributed by atoms with Gasteiger partial charge in [-0.3, -0.25) is 9.59 Å². The SMILES string of the molecule is CCCNC(=O)[C@H]1CCCN(c2ccc(SCC(=O)NCc3ccccc3Cl)nn2)C1. The minimum atomic E-state index is -0.0900. The molecule has 31 heavy (non-hydrogen) atoms. The van der Waals surface area contributed by atoms with E-state index in [1.54, 1.807) is 6.07 Å². The van der Waals surface area contributed by atoms with Gasteiger partial charge in [0.25, 0.3) is 0 Å². The third-order valence-electron chi connectivity index (χ3n) is 5.08. The molecule has 2 amide bonds. The maximum absolute atomic E-state index is 12.3. The standard InChI is InChI=1S/C22H28ClN5O2S/c1-2-11-24-22(30)17-7-5-12-28(14-17)19-9-10-21(27-26-19)31-15-20(29)25-13-16-6-3-4-8-18(16)23/h3-4,6,8-10,17H,2,5,7,11-15H2,1H3,(H,24,30)(H,25,29)/t17-/m0/s1. The molecule has 0 radical (unpaired) electrons. The number of rotatable bonds is 9. The van der Waals surface area contributed by atoms with Crippen LogP contribution >= 0.6 is 23.4 Å². The minimum absolute atomic E-state index is 0.0158. The summed E-state index contributed by atoms with van der Waals surface area (Å²) in [6, 6.07) is 11.2. The zero-order valence-electron chi connectivity index (χ0n) is 17.6. The molecule has 1 fully saturated rings. The Labute approximate surface area is 192 Å². The van der Waals surface area contributed by atoms with Gasteiger partial charge in [0, 0.05) is 31.2 Å². The lowest BCUT2D eigenvalue weighted by molar-refractivity contribution is -0.125. The van der Waals surface area contributed by atoms with Crippen LogP contribution in [0.3, 0.4) is 0 Å². The highest BCUT2D eigenvalue weighted by atomic mass is 35.5. The summed E-state index contributed by atoms with van der Waals surface area (Å²) < 4.78 is 0. The molecule has 0 spiro atoms. The first-order valence-electron chi connectivity index (χ1n) is 10.6. The molecule has 0 aliphatic carbocycles. The number of nitrogens with zero attached hydrogens (tertiary/aromatic N) is 3. The van der Waals surface area contributed by atoms with Gasteiger partial charge in [0.1, 0.15) is 5.03 Å². The summed E-state index contributed by atoms with van der Waals surface area (Å²) >= 11 is 7.44. The van der Waals surface area contributed by atoms with Crippen molar-refractivity contribution in [1.29, 1.82) is 0 Å². The fourth-order valence-electron chi connectivity index (χ4n) is 3.38. The number of benzene rings is 1. The van der Waals surface area contributed by atoms with Crippen LogP contribution in [0, 0.1) is 5.92 Å². The molecule has 0 saturated carbocycles. The van der Waals surface area contributed by atoms with Gasteiger partial charge >= 0.3 is 0 Å². The first kappa shape index (κ1) is 23.3. The van der Waals surface area contributed by atoms with Crippen LogP contribution in [0.2, 0.25) is 5.02 Å². The Hall–Kier alpha value is -2.32. The Morgan fingerprint density at radius 2 is 2.03 bits per heavy atom. The maximum atomic E-state index is 12.3. The van der Waals surface area contributed by atoms with Crippen molar-refractivity contribution in [2.24, 2.45) is 5.92 Å². The van der Waals surface area contributed by atoms with Crippen molar-refractivity contribution in [1.82, 2.24) is 20.8 Å². The van der Waals surface area contributed by atoms with E-state index in [2.05, 4.69) is 25.7 Å². The molecule has 1 aliphatic rings. The van der Waals surface area contributed by atoms with Crippen molar-refractivity contribution in [2.75, 3.05) is 30.3 Å². The molecule has 2 N–H and O–H groups in total. The highest BCUT2D eigenvalue weighted by molar-refractivity contribution is 7.99. The summed E-state index contributed by atoms with van der Waals surface area (Å²) in [4.78, 5) is 26.5. The van der Waals surface area contributed by atoms with Gasteiger partial charge < -0.3 is 15.5 Å². The van der Waals surface area contributed by atoms with Crippen LogP contribution in [-0.4, -0.2) is 47.4 Å². The van der Waals surface area contributed by atoms with E-state index in [1.807, 2.05) is 37.3 Å². The van der Waals surface area contributed by atoms with Crippen molar-refractivity contribution in [2.45, 2.75) is 37.8 Å². The summed E-state index contributed by atoms with van der Waals surface area (Å²) in [6.45, 7) is 4.67. The quantitative estimate of drug-likeness (QED) is 0.557. The van der Waals surface area contributed by atoms with Crippen LogP contribution in [0.5, 0.6) is 0 Å². The van der Waals surface area contributed by atoms with Crippen molar-refractivity contribution in [3.8, 4) is 0 Å². The van der Waals surface area contributed by atoms with Gasteiger partial charge in [-0.2, -0.15) is 0 Å². The van der Waals surface area contributed by atoms with Crippen LogP contribution in [0.15, 0.2) is 41.4 Å². The Balaban J connectivity index is 1.46. The van der Waals surface area contributed by atoms with E-state index in [9.17, 15) is 9.59 Å². The molecule has 0 bridgehead atoms. The molecule has 2 aromatic rings. The van der Waals surface area contributed by atoms with Crippen LogP contribution in [0.25, 0.3) is 0 Å². The van der Waals surface area contributed by atoms with Gasteiger partial charge in [0.05, 0.1) is 11.7 Å². The van der Waals surface area contributed by atoms with Crippen LogP contribution in [0.4, 0.5) is 5.82 Å². The number of thioether (sulfide) groups is 1. The van der Waals surface area contributed by atoms with Gasteiger partial charge in [0.2, 0.25) is 11.8 Å². The van der Waals surface area contributed by atoms with Crippen molar-refractivity contribution in [3.05, 3.63) is 47.0 Å². The van der Waals surface area contributed by atoms with Crippen molar-refractivity contribution in [3.63, 3.8) is 0 Å². The van der Waals surface area contributed by atoms with Crippen molar-refractivity contribution >= 4 is 41.0 Å². The molecule has 3 rings (SSSR count). The lowest BCUT2D eigenvalue weighted by Gasteiger charge is -2.32. The second-order valence-electron chi connectivity index (χ2n) is 7.46. The first-order valence-corrected chi connectivity index (χ1v) is 11.9. The summed E-state index contributed by atoms with van der Waals surface area (Å²) in [5.41, 5.74) is 0.884. The average Bonchev–Trinajstić information content (AvgIpc) is 2.81. The number of halogens is 1. The predicted octanol–water partition coefficient (Wildman–Crippen LogP) is 3.28. The first-order chi connectivity index (χ1) is 15.1. The van der Waals surface area contributed by atoms with Crippen LogP contribution in [-0.2, 0) is 16.1 Å². The van der Waals surface area contributed by atoms with E-state index in [1.165, 1.54) is 11.8 Å². The van der Waals surface area contributed by atoms with E-state index in [-0.39, 0.29) is 23.5 Å². The Kier molecular flexibility index (Phi) is 8.97. The fraction of sp³-hybridized carbons (Fsp3) is 0.455. The third kappa shape index (κ3) is 7.11. The fourth-order valence-corrected chi connectivity index (χ4v) is 4.22. The molecule has 1 aliphatic heterocycles. The average molecular weight is 462 g/mol. The lowest BCUT2D eigenvalue weighted by Crippen LogP contribution is -2.43. The number of amides is 2. The molecule has 2 heterocycles. The number of carbonyl (C=O) groups excluding carboxylic acids is 2. The summed E-state index contributed by atoms with van der Waals surface area (Å²) in [5, 5.41) is 15.7. The lowest BCUT2D eigenvalue weighted by atomic mass is 9.97. The highest BCUT2D eigenvalue weighted by Crippen LogP contribution is 2.23. The molecular formula is C22H28ClN5O2S. The smallest absolute Gasteiger partial charge is 0.230 e. The minimum Gasteiger partial charge on any atom is -0.356 e. The number of carbonyl (C=O) groups is 2. The topological polar surface area (TPSA) is 87.2 Å². The number of hydrogen-bond acceptors (Lipinski definition) is 6. The van der Waals surface area contributed by atoms with E-state index in [4.69, 9.17) is 11.6 Å². The van der Waals surface area contributed by atoms with Gasteiger partial charge in [-0.1, -0.05) is 48.5 Å².